The largest absolute Gasteiger partial charge is 0.437 e. The topological polar surface area (TPSA) is 53.7 Å². The predicted molar refractivity (Wildman–Crippen MR) is 111 cm³/mol. The summed E-state index contributed by atoms with van der Waals surface area (Å²) in [7, 11) is -7.57. The SMILES string of the molecule is C[Si](C)(C)O[Si](C)(C)O[Si](C)(CCCCCCN)O[Si](C)(C)C. The van der Waals surface area contributed by atoms with E-state index in [0.29, 0.717) is 0 Å². The maximum atomic E-state index is 6.66. The molecule has 0 fully saturated rings. The summed E-state index contributed by atoms with van der Waals surface area (Å²) >= 11 is 0. The second-order valence-electron chi connectivity index (χ2n) is 9.02. The number of unbranched alkanes of at least 4 members (excludes halogenated alkanes) is 3. The molecule has 140 valence electrons. The first-order valence-electron chi connectivity index (χ1n) is 8.99. The zero-order valence-electron chi connectivity index (χ0n) is 17.0. The lowest BCUT2D eigenvalue weighted by Gasteiger charge is -2.41. The van der Waals surface area contributed by atoms with Crippen LogP contribution in [0.5, 0.6) is 0 Å². The van der Waals surface area contributed by atoms with E-state index in [0.717, 1.165) is 19.0 Å². The number of rotatable bonds is 12. The molecule has 0 amide bonds. The molecule has 1 unspecified atom stereocenters. The highest BCUT2D eigenvalue weighted by atomic mass is 28.5. The summed E-state index contributed by atoms with van der Waals surface area (Å²) in [5, 5.41) is 0. The van der Waals surface area contributed by atoms with Crippen molar-refractivity contribution in [1.82, 2.24) is 0 Å². The highest BCUT2D eigenvalue weighted by molar-refractivity contribution is 6.89. The van der Waals surface area contributed by atoms with Crippen molar-refractivity contribution in [2.24, 2.45) is 5.73 Å². The van der Waals surface area contributed by atoms with Gasteiger partial charge < -0.3 is 18.1 Å². The number of hydrogen-bond donors (Lipinski definition) is 1. The maximum Gasteiger partial charge on any atom is 0.315 e. The Hall–Kier alpha value is 0.708. The Labute approximate surface area is 149 Å². The van der Waals surface area contributed by atoms with Crippen LogP contribution in [0.15, 0.2) is 0 Å². The summed E-state index contributed by atoms with van der Waals surface area (Å²) in [6.45, 7) is 20.9. The van der Waals surface area contributed by atoms with E-state index in [9.17, 15) is 0 Å². The van der Waals surface area contributed by atoms with Crippen LogP contribution >= 0.6 is 0 Å². The molecule has 0 aromatic carbocycles. The Morgan fingerprint density at radius 1 is 0.609 bits per heavy atom. The van der Waals surface area contributed by atoms with Gasteiger partial charge in [0.15, 0.2) is 16.6 Å². The smallest absolute Gasteiger partial charge is 0.315 e. The Morgan fingerprint density at radius 3 is 1.52 bits per heavy atom. The number of hydrogen-bond acceptors (Lipinski definition) is 4. The van der Waals surface area contributed by atoms with Crippen molar-refractivity contribution in [3.63, 3.8) is 0 Å². The minimum absolute atomic E-state index is 0.792. The van der Waals surface area contributed by atoms with E-state index in [-0.39, 0.29) is 0 Å². The maximum absolute atomic E-state index is 6.66. The summed E-state index contributed by atoms with van der Waals surface area (Å²) in [4.78, 5) is 0. The van der Waals surface area contributed by atoms with Gasteiger partial charge in [-0.1, -0.05) is 19.3 Å². The van der Waals surface area contributed by atoms with Crippen molar-refractivity contribution in [2.75, 3.05) is 6.54 Å². The van der Waals surface area contributed by atoms with E-state index in [4.69, 9.17) is 18.1 Å². The zero-order valence-corrected chi connectivity index (χ0v) is 21.0. The molecule has 23 heavy (non-hydrogen) atoms. The molecular weight excluding hydrogens is 355 g/mol. The van der Waals surface area contributed by atoms with E-state index < -0.39 is 33.8 Å². The molecule has 8 heteroatoms. The minimum Gasteiger partial charge on any atom is -0.437 e. The van der Waals surface area contributed by atoms with Crippen LogP contribution in [-0.2, 0) is 12.3 Å². The van der Waals surface area contributed by atoms with Crippen molar-refractivity contribution in [3.8, 4) is 0 Å². The quantitative estimate of drug-likeness (QED) is 0.373. The molecule has 0 heterocycles. The average Bonchev–Trinajstić information content (AvgIpc) is 2.20. The molecule has 0 rings (SSSR count). The summed E-state index contributed by atoms with van der Waals surface area (Å²) in [6, 6.07) is 1.06. The molecule has 0 bridgehead atoms. The van der Waals surface area contributed by atoms with E-state index >= 15 is 0 Å². The second-order valence-corrected chi connectivity index (χ2v) is 25.5. The molecule has 0 spiro atoms. The Balaban J connectivity index is 4.84. The molecule has 2 N–H and O–H groups in total. The minimum atomic E-state index is -2.19. The fraction of sp³-hybridized carbons (Fsp3) is 1.00. The molecule has 0 aromatic rings. The van der Waals surface area contributed by atoms with Crippen molar-refractivity contribution in [1.29, 1.82) is 0 Å². The summed E-state index contributed by atoms with van der Waals surface area (Å²) in [5.41, 5.74) is 5.58. The molecule has 0 saturated heterocycles. The third kappa shape index (κ3) is 13.7. The third-order valence-corrected chi connectivity index (χ3v) is 16.7. The molecule has 0 radical (unpaired) electrons. The Bertz CT molecular complexity index is 343. The fourth-order valence-electron chi connectivity index (χ4n) is 2.99. The highest BCUT2D eigenvalue weighted by Gasteiger charge is 2.43. The van der Waals surface area contributed by atoms with E-state index in [1.165, 1.54) is 19.3 Å². The van der Waals surface area contributed by atoms with Crippen LogP contribution in [0.25, 0.3) is 0 Å². The van der Waals surface area contributed by atoms with Gasteiger partial charge in [-0.3, -0.25) is 0 Å². The molecule has 0 aliphatic rings. The molecule has 4 nitrogen and oxygen atoms in total. The van der Waals surface area contributed by atoms with Crippen molar-refractivity contribution >= 4 is 33.8 Å². The van der Waals surface area contributed by atoms with Gasteiger partial charge in [0, 0.05) is 0 Å². The average molecular weight is 396 g/mol. The van der Waals surface area contributed by atoms with Crippen molar-refractivity contribution in [2.45, 2.75) is 90.7 Å². The Kier molecular flexibility index (Phi) is 9.71. The van der Waals surface area contributed by atoms with E-state index in [1.807, 2.05) is 0 Å². The zero-order chi connectivity index (χ0) is 18.4. The monoisotopic (exact) mass is 395 g/mol. The predicted octanol–water partition coefficient (Wildman–Crippen LogP) is 5.00. The van der Waals surface area contributed by atoms with Crippen LogP contribution in [0.3, 0.4) is 0 Å². The van der Waals surface area contributed by atoms with Crippen LogP contribution in [0.4, 0.5) is 0 Å². The number of nitrogens with two attached hydrogens (primary N) is 1. The van der Waals surface area contributed by atoms with Gasteiger partial charge >= 0.3 is 17.1 Å². The van der Waals surface area contributed by atoms with Crippen LogP contribution in [0, 0.1) is 0 Å². The summed E-state index contributed by atoms with van der Waals surface area (Å²) in [6.07, 6.45) is 4.72. The first kappa shape index (κ1) is 23.7. The lowest BCUT2D eigenvalue weighted by molar-refractivity contribution is 0.322. The van der Waals surface area contributed by atoms with E-state index in [1.54, 1.807) is 0 Å². The second kappa shape index (κ2) is 9.42. The molecule has 0 aliphatic carbocycles. The van der Waals surface area contributed by atoms with Crippen LogP contribution in [-0.4, -0.2) is 40.3 Å². The van der Waals surface area contributed by atoms with Gasteiger partial charge in [0.2, 0.25) is 0 Å². The van der Waals surface area contributed by atoms with Gasteiger partial charge in [-0.15, -0.1) is 0 Å². The van der Waals surface area contributed by atoms with E-state index in [2.05, 4.69) is 58.9 Å². The van der Waals surface area contributed by atoms with Crippen LogP contribution in [0.1, 0.15) is 25.7 Å². The highest BCUT2D eigenvalue weighted by Crippen LogP contribution is 2.28. The Morgan fingerprint density at radius 2 is 1.09 bits per heavy atom. The molecule has 0 saturated carbocycles. The van der Waals surface area contributed by atoms with Gasteiger partial charge in [0.05, 0.1) is 0 Å². The lowest BCUT2D eigenvalue weighted by atomic mass is 10.2. The van der Waals surface area contributed by atoms with Gasteiger partial charge in [-0.2, -0.15) is 0 Å². The standard InChI is InChI=1S/C15H41NO3Si4/c1-20(2,3)17-22(7,8)19-23(9,18-21(4,5)6)15-13-11-10-12-14-16/h10-16H2,1-9H3. The summed E-state index contributed by atoms with van der Waals surface area (Å²) in [5.74, 6) is 0. The lowest BCUT2D eigenvalue weighted by Crippen LogP contribution is -2.56. The van der Waals surface area contributed by atoms with Crippen molar-refractivity contribution in [3.05, 3.63) is 0 Å². The molecular formula is C15H41NO3Si4. The molecule has 0 aromatic heterocycles. The normalized spacial score (nSPS) is 16.4. The first-order chi connectivity index (χ1) is 10.2. The van der Waals surface area contributed by atoms with Gasteiger partial charge in [-0.25, -0.2) is 0 Å². The first-order valence-corrected chi connectivity index (χ1v) is 21.1. The fourth-order valence-corrected chi connectivity index (χ4v) is 21.0. The summed E-state index contributed by atoms with van der Waals surface area (Å²) < 4.78 is 19.6. The van der Waals surface area contributed by atoms with Gasteiger partial charge in [0.1, 0.15) is 0 Å². The molecule has 0 aliphatic heterocycles. The molecule has 1 atom stereocenters. The van der Waals surface area contributed by atoms with Gasteiger partial charge in [-0.05, 0) is 77.9 Å². The van der Waals surface area contributed by atoms with Crippen LogP contribution < -0.4 is 5.73 Å². The van der Waals surface area contributed by atoms with Crippen molar-refractivity contribution < 1.29 is 12.3 Å². The van der Waals surface area contributed by atoms with Crippen LogP contribution in [0.2, 0.25) is 65.0 Å². The third-order valence-electron chi connectivity index (χ3n) is 3.12. The van der Waals surface area contributed by atoms with Gasteiger partial charge in [0.25, 0.3) is 0 Å².